The van der Waals surface area contributed by atoms with Crippen molar-refractivity contribution in [3.8, 4) is 6.07 Å². The molecule has 1 rings (SSSR count). The number of nitriles is 1. The van der Waals surface area contributed by atoms with Crippen LogP contribution in [-0.2, 0) is 9.59 Å². The van der Waals surface area contributed by atoms with Crippen LogP contribution in [-0.4, -0.2) is 29.1 Å². The Bertz CT molecular complexity index is 517. The summed E-state index contributed by atoms with van der Waals surface area (Å²) in [6.07, 6.45) is 0.457. The van der Waals surface area contributed by atoms with Gasteiger partial charge in [0.1, 0.15) is 11.1 Å². The molecule has 7 heteroatoms. The second-order valence-corrected chi connectivity index (χ2v) is 5.18. The lowest BCUT2D eigenvalue weighted by Crippen LogP contribution is -2.44. The van der Waals surface area contributed by atoms with Gasteiger partial charge in [0.05, 0.1) is 11.2 Å². The Hall–Kier alpha value is -1.91. The molecule has 1 atom stereocenters. The minimum atomic E-state index is -1.04. The summed E-state index contributed by atoms with van der Waals surface area (Å²) in [5.41, 5.74) is -0.733. The van der Waals surface area contributed by atoms with Crippen LogP contribution >= 0.6 is 11.3 Å². The Morgan fingerprint density at radius 3 is 2.79 bits per heavy atom. The first-order valence-corrected chi connectivity index (χ1v) is 6.56. The van der Waals surface area contributed by atoms with E-state index in [4.69, 9.17) is 5.26 Å². The van der Waals surface area contributed by atoms with Crippen molar-refractivity contribution in [1.82, 2.24) is 5.32 Å². The first-order chi connectivity index (χ1) is 8.89. The molecule has 1 aromatic rings. The number of nitrogens with one attached hydrogen (secondary N) is 2. The number of carbonyl (C=O) groups is 2. The van der Waals surface area contributed by atoms with E-state index in [1.807, 2.05) is 6.07 Å². The summed E-state index contributed by atoms with van der Waals surface area (Å²) in [6.45, 7) is 3.33. The third-order valence-corrected chi connectivity index (χ3v) is 3.44. The monoisotopic (exact) mass is 281 g/mol. The van der Waals surface area contributed by atoms with Crippen molar-refractivity contribution < 1.29 is 14.7 Å². The van der Waals surface area contributed by atoms with E-state index in [0.717, 1.165) is 11.3 Å². The van der Waals surface area contributed by atoms with E-state index in [9.17, 15) is 14.7 Å². The molecular formula is C12H15N3O3S. The van der Waals surface area contributed by atoms with E-state index in [1.165, 1.54) is 0 Å². The number of carbonyl (C=O) groups excluding carboxylic acids is 2. The van der Waals surface area contributed by atoms with Crippen molar-refractivity contribution in [1.29, 1.82) is 5.26 Å². The van der Waals surface area contributed by atoms with Gasteiger partial charge in [0.25, 0.3) is 0 Å². The first kappa shape index (κ1) is 15.1. The molecule has 1 heterocycles. The predicted molar refractivity (Wildman–Crippen MR) is 71.6 cm³/mol. The van der Waals surface area contributed by atoms with Crippen molar-refractivity contribution in [3.05, 3.63) is 17.0 Å². The van der Waals surface area contributed by atoms with E-state index in [0.29, 0.717) is 17.0 Å². The van der Waals surface area contributed by atoms with Crippen LogP contribution < -0.4 is 10.6 Å². The zero-order chi connectivity index (χ0) is 14.5. The molecule has 0 bridgehead atoms. The Morgan fingerprint density at radius 1 is 1.53 bits per heavy atom. The molecule has 0 radical (unpaired) electrons. The van der Waals surface area contributed by atoms with Gasteiger partial charge in [0.2, 0.25) is 0 Å². The van der Waals surface area contributed by atoms with Crippen LogP contribution in [0.25, 0.3) is 0 Å². The van der Waals surface area contributed by atoms with Gasteiger partial charge in [-0.05, 0) is 24.8 Å². The first-order valence-electron chi connectivity index (χ1n) is 5.69. The molecule has 0 saturated heterocycles. The summed E-state index contributed by atoms with van der Waals surface area (Å²) in [4.78, 5) is 23.1. The van der Waals surface area contributed by atoms with Crippen molar-refractivity contribution >= 4 is 28.2 Å². The SMILES string of the molecule is CC[C@@](C)(O)CNC(=O)C(=O)Nc1sccc1C#N. The lowest BCUT2D eigenvalue weighted by atomic mass is 10.0. The molecule has 0 aliphatic rings. The third kappa shape index (κ3) is 4.35. The molecule has 0 spiro atoms. The molecule has 0 aromatic carbocycles. The minimum Gasteiger partial charge on any atom is -0.388 e. The molecule has 1 aromatic heterocycles. The normalized spacial score (nSPS) is 13.2. The number of aliphatic hydroxyl groups is 1. The smallest absolute Gasteiger partial charge is 0.314 e. The van der Waals surface area contributed by atoms with Crippen molar-refractivity contribution in [3.63, 3.8) is 0 Å². The molecule has 19 heavy (non-hydrogen) atoms. The Labute approximate surface area is 115 Å². The number of thiophene rings is 1. The maximum Gasteiger partial charge on any atom is 0.314 e. The molecule has 0 unspecified atom stereocenters. The zero-order valence-corrected chi connectivity index (χ0v) is 11.5. The maximum atomic E-state index is 11.6. The molecule has 2 amide bonds. The van der Waals surface area contributed by atoms with Crippen LogP contribution in [0, 0.1) is 11.3 Å². The highest BCUT2D eigenvalue weighted by atomic mass is 32.1. The highest BCUT2D eigenvalue weighted by Gasteiger charge is 2.22. The van der Waals surface area contributed by atoms with E-state index in [1.54, 1.807) is 25.3 Å². The molecule has 0 aliphatic heterocycles. The topological polar surface area (TPSA) is 102 Å². The molecule has 0 fully saturated rings. The number of amides is 2. The van der Waals surface area contributed by atoms with Crippen molar-refractivity contribution in [2.75, 3.05) is 11.9 Å². The number of nitrogens with zero attached hydrogens (tertiary/aromatic N) is 1. The van der Waals surface area contributed by atoms with Gasteiger partial charge in [-0.2, -0.15) is 5.26 Å². The number of anilines is 1. The van der Waals surface area contributed by atoms with E-state index >= 15 is 0 Å². The lowest BCUT2D eigenvalue weighted by molar-refractivity contribution is -0.136. The fraction of sp³-hybridized carbons (Fsp3) is 0.417. The average molecular weight is 281 g/mol. The largest absolute Gasteiger partial charge is 0.388 e. The molecule has 0 aliphatic carbocycles. The number of hydrogen-bond donors (Lipinski definition) is 3. The van der Waals surface area contributed by atoms with Crippen LogP contribution in [0.1, 0.15) is 25.8 Å². The molecule has 6 nitrogen and oxygen atoms in total. The summed E-state index contributed by atoms with van der Waals surface area (Å²) in [5.74, 6) is -1.70. The Kier molecular flexibility index (Phi) is 5.03. The molecule has 0 saturated carbocycles. The number of rotatable bonds is 4. The molecule has 3 N–H and O–H groups in total. The van der Waals surface area contributed by atoms with Gasteiger partial charge in [-0.1, -0.05) is 6.92 Å². The standard InChI is InChI=1S/C12H15N3O3S/c1-3-12(2,18)7-14-9(16)10(17)15-11-8(6-13)4-5-19-11/h4-5,18H,3,7H2,1-2H3,(H,14,16)(H,15,17)/t12-/m1/s1. The van der Waals surface area contributed by atoms with Crippen LogP contribution in [0.4, 0.5) is 5.00 Å². The maximum absolute atomic E-state index is 11.6. The summed E-state index contributed by atoms with van der Waals surface area (Å²) in [6, 6.07) is 3.46. The summed E-state index contributed by atoms with van der Waals surface area (Å²) < 4.78 is 0. The van der Waals surface area contributed by atoms with Crippen LogP contribution in [0.5, 0.6) is 0 Å². The Balaban J connectivity index is 2.55. The number of hydrogen-bond acceptors (Lipinski definition) is 5. The second kappa shape index (κ2) is 6.31. The van der Waals surface area contributed by atoms with Gasteiger partial charge in [-0.15, -0.1) is 11.3 Å². The van der Waals surface area contributed by atoms with Crippen molar-refractivity contribution in [2.24, 2.45) is 0 Å². The van der Waals surface area contributed by atoms with Crippen LogP contribution in [0.3, 0.4) is 0 Å². The van der Waals surface area contributed by atoms with E-state index in [-0.39, 0.29) is 6.54 Å². The summed E-state index contributed by atoms with van der Waals surface area (Å²) in [5, 5.41) is 25.2. The summed E-state index contributed by atoms with van der Waals surface area (Å²) >= 11 is 1.16. The van der Waals surface area contributed by atoms with Gasteiger partial charge in [0.15, 0.2) is 0 Å². The summed E-state index contributed by atoms with van der Waals surface area (Å²) in [7, 11) is 0. The second-order valence-electron chi connectivity index (χ2n) is 4.26. The van der Waals surface area contributed by atoms with Gasteiger partial charge in [0, 0.05) is 6.54 Å². The third-order valence-electron chi connectivity index (χ3n) is 2.61. The van der Waals surface area contributed by atoms with Crippen LogP contribution in [0.2, 0.25) is 0 Å². The fourth-order valence-corrected chi connectivity index (χ4v) is 1.86. The van der Waals surface area contributed by atoms with Gasteiger partial charge in [-0.25, -0.2) is 0 Å². The lowest BCUT2D eigenvalue weighted by Gasteiger charge is -2.21. The van der Waals surface area contributed by atoms with Crippen molar-refractivity contribution in [2.45, 2.75) is 25.9 Å². The van der Waals surface area contributed by atoms with Gasteiger partial charge in [-0.3, -0.25) is 9.59 Å². The van der Waals surface area contributed by atoms with E-state index < -0.39 is 17.4 Å². The van der Waals surface area contributed by atoms with Gasteiger partial charge >= 0.3 is 11.8 Å². The highest BCUT2D eigenvalue weighted by molar-refractivity contribution is 7.14. The Morgan fingerprint density at radius 2 is 2.21 bits per heavy atom. The molecular weight excluding hydrogens is 266 g/mol. The van der Waals surface area contributed by atoms with Crippen LogP contribution in [0.15, 0.2) is 11.4 Å². The highest BCUT2D eigenvalue weighted by Crippen LogP contribution is 2.21. The molecule has 102 valence electrons. The van der Waals surface area contributed by atoms with E-state index in [2.05, 4.69) is 10.6 Å². The predicted octanol–water partition coefficient (Wildman–Crippen LogP) is 0.835. The fourth-order valence-electron chi connectivity index (χ4n) is 1.13. The van der Waals surface area contributed by atoms with Gasteiger partial charge < -0.3 is 15.7 Å². The minimum absolute atomic E-state index is 0.00863. The zero-order valence-electron chi connectivity index (χ0n) is 10.7. The average Bonchev–Trinajstić information content (AvgIpc) is 2.83. The quantitative estimate of drug-likeness (QED) is 0.711.